The van der Waals surface area contributed by atoms with Gasteiger partial charge in [-0.25, -0.2) is 4.79 Å². The van der Waals surface area contributed by atoms with E-state index in [9.17, 15) is 4.79 Å². The van der Waals surface area contributed by atoms with E-state index in [1.165, 1.54) is 12.8 Å². The molecule has 2 fully saturated rings. The number of amides is 2. The van der Waals surface area contributed by atoms with Gasteiger partial charge in [0.15, 0.2) is 0 Å². The van der Waals surface area contributed by atoms with Gasteiger partial charge < -0.3 is 10.2 Å². The van der Waals surface area contributed by atoms with Crippen LogP contribution in [0.2, 0.25) is 0 Å². The molecule has 1 aromatic rings. The summed E-state index contributed by atoms with van der Waals surface area (Å²) >= 11 is 1.92. The van der Waals surface area contributed by atoms with Crippen molar-refractivity contribution in [3.8, 4) is 0 Å². The molecule has 1 saturated carbocycles. The van der Waals surface area contributed by atoms with Crippen LogP contribution >= 0.6 is 11.8 Å². The van der Waals surface area contributed by atoms with Crippen LogP contribution < -0.4 is 5.32 Å². The summed E-state index contributed by atoms with van der Waals surface area (Å²) in [7, 11) is 0. The molecule has 116 valence electrons. The van der Waals surface area contributed by atoms with E-state index in [1.54, 1.807) is 0 Å². The Morgan fingerprint density at radius 1 is 1.43 bits per heavy atom. The van der Waals surface area contributed by atoms with E-state index in [0.29, 0.717) is 11.3 Å². The summed E-state index contributed by atoms with van der Waals surface area (Å²) in [6.45, 7) is 0.848. The number of carbonyl (C=O) groups excluding carboxylic acids is 1. The number of rotatable bonds is 3. The van der Waals surface area contributed by atoms with E-state index < -0.39 is 0 Å². The predicted octanol–water partition coefficient (Wildman–Crippen LogP) is 2.93. The first-order chi connectivity index (χ1) is 10.3. The molecular formula is C15H24N4OS. The van der Waals surface area contributed by atoms with Gasteiger partial charge in [-0.1, -0.05) is 0 Å². The molecular weight excluding hydrogens is 284 g/mol. The minimum Gasteiger partial charge on any atom is -0.335 e. The highest BCUT2D eigenvalue weighted by Gasteiger charge is 2.31. The maximum absolute atomic E-state index is 12.6. The molecule has 0 radical (unpaired) electrons. The molecule has 2 amide bonds. The lowest BCUT2D eigenvalue weighted by Gasteiger charge is -2.36. The van der Waals surface area contributed by atoms with Gasteiger partial charge in [0.2, 0.25) is 0 Å². The average Bonchev–Trinajstić information content (AvgIpc) is 3.18. The highest BCUT2D eigenvalue weighted by Crippen LogP contribution is 2.32. The molecule has 2 N–H and O–H groups in total. The SMILES string of the molecule is CS[C@@H]1CC[C@H](NC(=O)N2CCCC[C@H]2c2cn[nH]c2)C1. The molecule has 21 heavy (non-hydrogen) atoms. The van der Waals surface area contributed by atoms with Crippen molar-refractivity contribution in [2.45, 2.75) is 55.9 Å². The molecule has 1 saturated heterocycles. The lowest BCUT2D eigenvalue weighted by molar-refractivity contribution is 0.148. The standard InChI is InChI=1S/C15H24N4OS/c1-21-13-6-5-12(8-13)18-15(20)19-7-3-2-4-14(19)11-9-16-17-10-11/h9-10,12-14H,2-8H2,1H3,(H,16,17)(H,18,20)/t12-,13+,14-/m0/s1. The van der Waals surface area contributed by atoms with Crippen LogP contribution in [0.25, 0.3) is 0 Å². The van der Waals surface area contributed by atoms with E-state index in [-0.39, 0.29) is 12.1 Å². The molecule has 6 heteroatoms. The molecule has 0 bridgehead atoms. The molecule has 2 aliphatic rings. The first-order valence-corrected chi connectivity index (χ1v) is 9.15. The van der Waals surface area contributed by atoms with Gasteiger partial charge in [0.05, 0.1) is 12.2 Å². The van der Waals surface area contributed by atoms with E-state index >= 15 is 0 Å². The lowest BCUT2D eigenvalue weighted by Crippen LogP contribution is -2.47. The lowest BCUT2D eigenvalue weighted by atomic mass is 9.98. The zero-order valence-electron chi connectivity index (χ0n) is 12.5. The molecule has 1 aliphatic heterocycles. The van der Waals surface area contributed by atoms with E-state index in [0.717, 1.165) is 37.8 Å². The first kappa shape index (κ1) is 14.8. The number of carbonyl (C=O) groups is 1. The van der Waals surface area contributed by atoms with Crippen molar-refractivity contribution in [3.63, 3.8) is 0 Å². The monoisotopic (exact) mass is 308 g/mol. The van der Waals surface area contributed by atoms with Crippen molar-refractivity contribution in [2.75, 3.05) is 12.8 Å². The Kier molecular flexibility index (Phi) is 4.73. The summed E-state index contributed by atoms with van der Waals surface area (Å²) in [6.07, 6.45) is 12.7. The van der Waals surface area contributed by atoms with Gasteiger partial charge in [-0.15, -0.1) is 0 Å². The summed E-state index contributed by atoms with van der Waals surface area (Å²) in [5.41, 5.74) is 1.12. The Balaban J connectivity index is 1.62. The number of piperidine rings is 1. The van der Waals surface area contributed by atoms with Crippen LogP contribution in [-0.2, 0) is 0 Å². The molecule has 0 spiro atoms. The van der Waals surface area contributed by atoms with Crippen molar-refractivity contribution >= 4 is 17.8 Å². The van der Waals surface area contributed by atoms with E-state index in [2.05, 4.69) is 21.8 Å². The fourth-order valence-electron chi connectivity index (χ4n) is 3.51. The second kappa shape index (κ2) is 6.73. The number of aromatic amines is 1. The zero-order valence-corrected chi connectivity index (χ0v) is 13.4. The topological polar surface area (TPSA) is 61.0 Å². The van der Waals surface area contributed by atoms with Gasteiger partial charge >= 0.3 is 6.03 Å². The number of nitrogens with zero attached hydrogens (tertiary/aromatic N) is 2. The molecule has 1 aliphatic carbocycles. The van der Waals surface area contributed by atoms with Gasteiger partial charge in [-0.3, -0.25) is 5.10 Å². The predicted molar refractivity (Wildman–Crippen MR) is 85.4 cm³/mol. The first-order valence-electron chi connectivity index (χ1n) is 7.86. The largest absolute Gasteiger partial charge is 0.335 e. The third-order valence-electron chi connectivity index (χ3n) is 4.71. The van der Waals surface area contributed by atoms with Crippen molar-refractivity contribution in [2.24, 2.45) is 0 Å². The van der Waals surface area contributed by atoms with Gasteiger partial charge in [0.1, 0.15) is 0 Å². The number of urea groups is 1. The van der Waals surface area contributed by atoms with Crippen molar-refractivity contribution < 1.29 is 4.79 Å². The quantitative estimate of drug-likeness (QED) is 0.902. The fraction of sp³-hybridized carbons (Fsp3) is 0.733. The summed E-state index contributed by atoms with van der Waals surface area (Å²) < 4.78 is 0. The van der Waals surface area contributed by atoms with Crippen LogP contribution in [0.3, 0.4) is 0 Å². The Bertz CT molecular complexity index is 464. The van der Waals surface area contributed by atoms with Crippen molar-refractivity contribution in [1.82, 2.24) is 20.4 Å². The number of likely N-dealkylation sites (tertiary alicyclic amines) is 1. The summed E-state index contributed by atoms with van der Waals surface area (Å²) in [5, 5.41) is 10.8. The Morgan fingerprint density at radius 2 is 2.33 bits per heavy atom. The van der Waals surface area contributed by atoms with Gasteiger partial charge in [-0.05, 0) is 44.8 Å². The van der Waals surface area contributed by atoms with Gasteiger partial charge in [0, 0.05) is 29.6 Å². The smallest absolute Gasteiger partial charge is 0.318 e. The van der Waals surface area contributed by atoms with Crippen LogP contribution in [0.1, 0.15) is 50.1 Å². The minimum atomic E-state index is 0.104. The fourth-order valence-corrected chi connectivity index (χ4v) is 4.30. The summed E-state index contributed by atoms with van der Waals surface area (Å²) in [5.74, 6) is 0. The molecule has 5 nitrogen and oxygen atoms in total. The van der Waals surface area contributed by atoms with Crippen molar-refractivity contribution in [1.29, 1.82) is 0 Å². The third-order valence-corrected chi connectivity index (χ3v) is 5.81. The summed E-state index contributed by atoms with van der Waals surface area (Å²) in [6, 6.07) is 0.629. The van der Waals surface area contributed by atoms with Gasteiger partial charge in [0.25, 0.3) is 0 Å². The number of aromatic nitrogens is 2. The maximum Gasteiger partial charge on any atom is 0.318 e. The minimum absolute atomic E-state index is 0.104. The van der Waals surface area contributed by atoms with E-state index in [4.69, 9.17) is 0 Å². The maximum atomic E-state index is 12.6. The van der Waals surface area contributed by atoms with Crippen molar-refractivity contribution in [3.05, 3.63) is 18.0 Å². The van der Waals surface area contributed by atoms with Crippen LogP contribution in [0, 0.1) is 0 Å². The molecule has 3 atom stereocenters. The Hall–Kier alpha value is -1.17. The molecule has 1 aromatic heterocycles. The highest BCUT2D eigenvalue weighted by molar-refractivity contribution is 7.99. The highest BCUT2D eigenvalue weighted by atomic mass is 32.2. The zero-order chi connectivity index (χ0) is 14.7. The molecule has 2 heterocycles. The van der Waals surface area contributed by atoms with E-state index in [1.807, 2.05) is 29.1 Å². The average molecular weight is 308 g/mol. The van der Waals surface area contributed by atoms with Gasteiger partial charge in [-0.2, -0.15) is 16.9 Å². The summed E-state index contributed by atoms with van der Waals surface area (Å²) in [4.78, 5) is 14.6. The number of hydrogen-bond donors (Lipinski definition) is 2. The van der Waals surface area contributed by atoms with Crippen LogP contribution in [0.15, 0.2) is 12.4 Å². The van der Waals surface area contributed by atoms with Crippen LogP contribution in [0.4, 0.5) is 4.79 Å². The Labute approximate surface area is 130 Å². The molecule has 0 unspecified atom stereocenters. The van der Waals surface area contributed by atoms with Crippen LogP contribution in [-0.4, -0.2) is 45.2 Å². The molecule has 3 rings (SSSR count). The molecule has 0 aromatic carbocycles. The van der Waals surface area contributed by atoms with Crippen LogP contribution in [0.5, 0.6) is 0 Å². The third kappa shape index (κ3) is 3.36. The normalized spacial score (nSPS) is 29.6. The number of nitrogens with one attached hydrogen (secondary N) is 2. The Morgan fingerprint density at radius 3 is 3.05 bits per heavy atom. The second-order valence-corrected chi connectivity index (χ2v) is 7.19. The number of H-pyrrole nitrogens is 1. The number of thioether (sulfide) groups is 1. The second-order valence-electron chi connectivity index (χ2n) is 6.05. The number of hydrogen-bond acceptors (Lipinski definition) is 3.